The van der Waals surface area contributed by atoms with Crippen LogP contribution in [0.1, 0.15) is 32.9 Å². The van der Waals surface area contributed by atoms with Crippen molar-refractivity contribution in [3.8, 4) is 0 Å². The lowest BCUT2D eigenvalue weighted by Gasteiger charge is -2.09. The lowest BCUT2D eigenvalue weighted by molar-refractivity contribution is 0.102. The fourth-order valence-electron chi connectivity index (χ4n) is 2.34. The summed E-state index contributed by atoms with van der Waals surface area (Å²) in [5, 5.41) is 3.55. The highest BCUT2D eigenvalue weighted by molar-refractivity contribution is 9.10. The molecule has 0 radical (unpaired) electrons. The molecule has 0 aliphatic heterocycles. The predicted molar refractivity (Wildman–Crippen MR) is 85.4 cm³/mol. The molecule has 20 heavy (non-hydrogen) atoms. The van der Waals surface area contributed by atoms with Gasteiger partial charge in [0.2, 0.25) is 0 Å². The summed E-state index contributed by atoms with van der Waals surface area (Å²) < 4.78 is 0.799. The molecule has 0 saturated heterocycles. The Morgan fingerprint density at radius 3 is 3.00 bits per heavy atom. The van der Waals surface area contributed by atoms with Gasteiger partial charge in [-0.1, -0.05) is 15.9 Å². The summed E-state index contributed by atoms with van der Waals surface area (Å²) in [6.07, 6.45) is 3.26. The van der Waals surface area contributed by atoms with Gasteiger partial charge in [-0.2, -0.15) is 0 Å². The Morgan fingerprint density at radius 2 is 2.25 bits per heavy atom. The zero-order valence-corrected chi connectivity index (χ0v) is 13.4. The van der Waals surface area contributed by atoms with Crippen molar-refractivity contribution < 1.29 is 4.79 Å². The van der Waals surface area contributed by atoms with Crippen molar-refractivity contribution in [1.29, 1.82) is 0 Å². The molecule has 0 spiro atoms. The molecule has 1 amide bonds. The monoisotopic (exact) mass is 351 g/mol. The second-order valence-electron chi connectivity index (χ2n) is 4.86. The molecule has 2 aromatic rings. The summed E-state index contributed by atoms with van der Waals surface area (Å²) in [4.78, 5) is 18.1. The van der Waals surface area contributed by atoms with Crippen LogP contribution in [0.3, 0.4) is 0 Å². The number of anilines is 2. The molecule has 1 aliphatic rings. The predicted octanol–water partition coefficient (Wildman–Crippen LogP) is 3.54. The Morgan fingerprint density at radius 1 is 1.45 bits per heavy atom. The number of nitrogens with zero attached hydrogens (tertiary/aromatic N) is 1. The summed E-state index contributed by atoms with van der Waals surface area (Å²) in [6.45, 7) is 1.85. The zero-order valence-electron chi connectivity index (χ0n) is 11.0. The van der Waals surface area contributed by atoms with Crippen molar-refractivity contribution in [3.63, 3.8) is 0 Å². The molecule has 0 fully saturated rings. The van der Waals surface area contributed by atoms with E-state index in [1.807, 2.05) is 6.92 Å². The Hall–Kier alpha value is -1.40. The Bertz CT molecular complexity index is 674. The molecule has 0 unspecified atom stereocenters. The fraction of sp³-hybridized carbons (Fsp3) is 0.286. The second-order valence-corrected chi connectivity index (χ2v) is 6.86. The van der Waals surface area contributed by atoms with Crippen LogP contribution in [0.5, 0.6) is 0 Å². The highest BCUT2D eigenvalue weighted by Crippen LogP contribution is 2.31. The number of thiazole rings is 1. The molecule has 3 rings (SSSR count). The lowest BCUT2D eigenvalue weighted by atomic mass is 10.1. The van der Waals surface area contributed by atoms with Gasteiger partial charge in [-0.3, -0.25) is 10.1 Å². The summed E-state index contributed by atoms with van der Waals surface area (Å²) in [6, 6.07) is 3.58. The van der Waals surface area contributed by atoms with E-state index >= 15 is 0 Å². The first-order valence-corrected chi connectivity index (χ1v) is 8.01. The third-order valence-electron chi connectivity index (χ3n) is 3.47. The first-order valence-electron chi connectivity index (χ1n) is 6.40. The molecule has 0 atom stereocenters. The van der Waals surface area contributed by atoms with E-state index in [-0.39, 0.29) is 5.91 Å². The van der Waals surface area contributed by atoms with Crippen LogP contribution in [0, 0.1) is 6.92 Å². The van der Waals surface area contributed by atoms with E-state index in [0.717, 1.165) is 28.6 Å². The van der Waals surface area contributed by atoms with Gasteiger partial charge in [0.05, 0.1) is 5.69 Å². The number of benzene rings is 1. The number of aromatic nitrogens is 1. The molecule has 6 heteroatoms. The number of hydrogen-bond acceptors (Lipinski definition) is 4. The van der Waals surface area contributed by atoms with E-state index in [2.05, 4.69) is 26.2 Å². The molecule has 1 aromatic heterocycles. The summed E-state index contributed by atoms with van der Waals surface area (Å²) in [5.74, 6) is -0.164. The molecule has 0 saturated carbocycles. The van der Waals surface area contributed by atoms with Crippen LogP contribution < -0.4 is 11.1 Å². The van der Waals surface area contributed by atoms with E-state index in [4.69, 9.17) is 5.73 Å². The normalized spacial score (nSPS) is 13.3. The zero-order chi connectivity index (χ0) is 14.3. The number of amides is 1. The quantitative estimate of drug-likeness (QED) is 0.813. The maximum Gasteiger partial charge on any atom is 0.257 e. The molecule has 104 valence electrons. The molecule has 1 aliphatic carbocycles. The van der Waals surface area contributed by atoms with E-state index in [9.17, 15) is 4.79 Å². The molecular formula is C14H14BrN3OS. The van der Waals surface area contributed by atoms with Crippen molar-refractivity contribution in [1.82, 2.24) is 4.98 Å². The van der Waals surface area contributed by atoms with Crippen LogP contribution in [0.25, 0.3) is 0 Å². The number of nitrogen functional groups attached to an aromatic ring is 1. The SMILES string of the molecule is Cc1c(N)cc(Br)cc1C(=O)Nc1nc2c(s1)CCC2. The van der Waals surface area contributed by atoms with Gasteiger partial charge in [-0.25, -0.2) is 4.98 Å². The molecular weight excluding hydrogens is 338 g/mol. The minimum absolute atomic E-state index is 0.164. The van der Waals surface area contributed by atoms with E-state index < -0.39 is 0 Å². The summed E-state index contributed by atoms with van der Waals surface area (Å²) >= 11 is 4.94. The minimum atomic E-state index is -0.164. The van der Waals surface area contributed by atoms with E-state index in [1.54, 1.807) is 23.5 Å². The maximum absolute atomic E-state index is 12.3. The maximum atomic E-state index is 12.3. The van der Waals surface area contributed by atoms with Crippen LogP contribution >= 0.6 is 27.3 Å². The minimum Gasteiger partial charge on any atom is -0.398 e. The van der Waals surface area contributed by atoms with E-state index in [0.29, 0.717) is 16.4 Å². The molecule has 4 nitrogen and oxygen atoms in total. The first-order chi connectivity index (χ1) is 9.54. The van der Waals surface area contributed by atoms with Gasteiger partial charge in [0.1, 0.15) is 0 Å². The topological polar surface area (TPSA) is 68.0 Å². The number of carbonyl (C=O) groups excluding carboxylic acids is 1. The van der Waals surface area contributed by atoms with Crippen LogP contribution in [-0.4, -0.2) is 10.9 Å². The van der Waals surface area contributed by atoms with Gasteiger partial charge >= 0.3 is 0 Å². The van der Waals surface area contributed by atoms with Crippen LogP contribution in [0.4, 0.5) is 10.8 Å². The van der Waals surface area contributed by atoms with Gasteiger partial charge in [0.25, 0.3) is 5.91 Å². The highest BCUT2D eigenvalue weighted by atomic mass is 79.9. The van der Waals surface area contributed by atoms with Gasteiger partial charge in [0, 0.05) is 20.6 Å². The Balaban J connectivity index is 1.86. The van der Waals surface area contributed by atoms with Gasteiger partial charge < -0.3 is 5.73 Å². The van der Waals surface area contributed by atoms with Crippen molar-refractivity contribution in [2.75, 3.05) is 11.1 Å². The third kappa shape index (κ3) is 2.45. The lowest BCUT2D eigenvalue weighted by Crippen LogP contribution is -2.14. The number of rotatable bonds is 2. The van der Waals surface area contributed by atoms with Gasteiger partial charge in [-0.05, 0) is 43.9 Å². The van der Waals surface area contributed by atoms with Crippen molar-refractivity contribution >= 4 is 44.0 Å². The van der Waals surface area contributed by atoms with Crippen molar-refractivity contribution in [3.05, 3.63) is 38.3 Å². The average Bonchev–Trinajstić information content (AvgIpc) is 2.94. The highest BCUT2D eigenvalue weighted by Gasteiger charge is 2.19. The fourth-order valence-corrected chi connectivity index (χ4v) is 3.86. The Kier molecular flexibility index (Phi) is 3.52. The van der Waals surface area contributed by atoms with Gasteiger partial charge in [-0.15, -0.1) is 11.3 Å². The van der Waals surface area contributed by atoms with Crippen LogP contribution in [0.2, 0.25) is 0 Å². The summed E-state index contributed by atoms with van der Waals surface area (Å²) in [7, 11) is 0. The van der Waals surface area contributed by atoms with Crippen molar-refractivity contribution in [2.24, 2.45) is 0 Å². The summed E-state index contributed by atoms with van der Waals surface area (Å²) in [5.41, 5.74) is 8.99. The molecule has 3 N–H and O–H groups in total. The molecule has 1 heterocycles. The number of nitrogens with one attached hydrogen (secondary N) is 1. The Labute approximate surface area is 129 Å². The standard InChI is InChI=1S/C14H14BrN3OS/c1-7-9(5-8(15)6-10(7)16)13(19)18-14-17-11-3-2-4-12(11)20-14/h5-6H,2-4,16H2,1H3,(H,17,18,19). The average molecular weight is 352 g/mol. The van der Waals surface area contributed by atoms with Gasteiger partial charge in [0.15, 0.2) is 5.13 Å². The number of carbonyl (C=O) groups is 1. The van der Waals surface area contributed by atoms with Crippen LogP contribution in [-0.2, 0) is 12.8 Å². The molecule has 0 bridgehead atoms. The van der Waals surface area contributed by atoms with Crippen molar-refractivity contribution in [2.45, 2.75) is 26.2 Å². The third-order valence-corrected chi connectivity index (χ3v) is 5.00. The van der Waals surface area contributed by atoms with Crippen LogP contribution in [0.15, 0.2) is 16.6 Å². The first kappa shape index (κ1) is 13.6. The van der Waals surface area contributed by atoms with E-state index in [1.165, 1.54) is 11.3 Å². The smallest absolute Gasteiger partial charge is 0.257 e. The number of hydrogen-bond donors (Lipinski definition) is 2. The number of halogens is 1. The number of fused-ring (bicyclic) bond motifs is 1. The largest absolute Gasteiger partial charge is 0.398 e. The molecule has 1 aromatic carbocycles. The second kappa shape index (κ2) is 5.18. The number of aryl methyl sites for hydroxylation is 2. The number of nitrogens with two attached hydrogens (primary N) is 1.